The van der Waals surface area contributed by atoms with Gasteiger partial charge in [-0.25, -0.2) is 0 Å². The first kappa shape index (κ1) is 16.5. The van der Waals surface area contributed by atoms with Crippen molar-refractivity contribution >= 4 is 5.78 Å². The van der Waals surface area contributed by atoms with Gasteiger partial charge < -0.3 is 13.9 Å². The molecule has 0 radical (unpaired) electrons. The maximum absolute atomic E-state index is 13.0. The number of ether oxygens (including phenoxy) is 2. The zero-order valence-corrected chi connectivity index (χ0v) is 14.1. The second-order valence-corrected chi connectivity index (χ2v) is 6.83. The predicted octanol–water partition coefficient (Wildman–Crippen LogP) is 3.96. The molecule has 3 atom stereocenters. The molecule has 0 spiro atoms. The quantitative estimate of drug-likeness (QED) is 0.564. The maximum Gasteiger partial charge on any atom is 0.142 e. The normalized spacial score (nSPS) is 32.6. The van der Waals surface area contributed by atoms with Crippen LogP contribution in [0.25, 0.3) is 0 Å². The summed E-state index contributed by atoms with van der Waals surface area (Å²) in [5.41, 5.74) is 0.0347. The highest BCUT2D eigenvalue weighted by atomic mass is 16.5. The lowest BCUT2D eigenvalue weighted by Gasteiger charge is -2.49. The second kappa shape index (κ2) is 6.25. The summed E-state index contributed by atoms with van der Waals surface area (Å²) in [5.74, 6) is 1.53. The molecule has 0 N–H and O–H groups in total. The SMILES string of the molecule is C=CCO[C@]12CCC(=O)[C@@]1(CCCOC)C[C@@H](C)c1occc12. The lowest BCUT2D eigenvalue weighted by molar-refractivity contribution is -0.157. The highest BCUT2D eigenvalue weighted by Gasteiger charge is 2.65. The van der Waals surface area contributed by atoms with Gasteiger partial charge in [0, 0.05) is 31.6 Å². The van der Waals surface area contributed by atoms with Crippen LogP contribution in [0.5, 0.6) is 0 Å². The molecule has 1 heterocycles. The van der Waals surface area contributed by atoms with E-state index in [9.17, 15) is 4.79 Å². The fourth-order valence-electron chi connectivity index (χ4n) is 4.77. The molecular weight excluding hydrogens is 292 g/mol. The Morgan fingerprint density at radius 1 is 1.52 bits per heavy atom. The minimum atomic E-state index is -0.569. The number of Topliss-reactive ketones (excluding diaryl/α,β-unsaturated/α-hetero) is 1. The van der Waals surface area contributed by atoms with Crippen LogP contribution in [0.1, 0.15) is 56.3 Å². The van der Waals surface area contributed by atoms with Gasteiger partial charge in [0.25, 0.3) is 0 Å². The van der Waals surface area contributed by atoms with Crippen molar-refractivity contribution in [3.05, 3.63) is 36.3 Å². The van der Waals surface area contributed by atoms with Crippen molar-refractivity contribution in [2.75, 3.05) is 20.3 Å². The van der Waals surface area contributed by atoms with E-state index in [0.29, 0.717) is 25.4 Å². The number of hydrogen-bond acceptors (Lipinski definition) is 4. The van der Waals surface area contributed by atoms with Gasteiger partial charge >= 0.3 is 0 Å². The van der Waals surface area contributed by atoms with E-state index in [1.54, 1.807) is 19.4 Å². The third kappa shape index (κ3) is 2.31. The van der Waals surface area contributed by atoms with Gasteiger partial charge in [0.15, 0.2) is 0 Å². The van der Waals surface area contributed by atoms with E-state index in [4.69, 9.17) is 13.9 Å². The minimum Gasteiger partial charge on any atom is -0.469 e. The average molecular weight is 318 g/mol. The molecule has 4 nitrogen and oxygen atoms in total. The van der Waals surface area contributed by atoms with E-state index in [-0.39, 0.29) is 5.92 Å². The van der Waals surface area contributed by atoms with Crippen LogP contribution in [-0.4, -0.2) is 26.1 Å². The smallest absolute Gasteiger partial charge is 0.142 e. The molecule has 0 amide bonds. The molecule has 0 unspecified atom stereocenters. The monoisotopic (exact) mass is 318 g/mol. The molecule has 1 aromatic rings. The number of ketones is 1. The fourth-order valence-corrected chi connectivity index (χ4v) is 4.77. The van der Waals surface area contributed by atoms with E-state index in [1.807, 2.05) is 6.07 Å². The van der Waals surface area contributed by atoms with E-state index in [2.05, 4.69) is 13.5 Å². The van der Waals surface area contributed by atoms with Crippen molar-refractivity contribution in [1.82, 2.24) is 0 Å². The van der Waals surface area contributed by atoms with Crippen LogP contribution < -0.4 is 0 Å². The predicted molar refractivity (Wildman–Crippen MR) is 87.4 cm³/mol. The summed E-state index contributed by atoms with van der Waals surface area (Å²) in [4.78, 5) is 13.0. The Kier molecular flexibility index (Phi) is 4.47. The van der Waals surface area contributed by atoms with E-state index >= 15 is 0 Å². The highest BCUT2D eigenvalue weighted by molar-refractivity contribution is 5.90. The summed E-state index contributed by atoms with van der Waals surface area (Å²) >= 11 is 0. The lowest BCUT2D eigenvalue weighted by Crippen LogP contribution is -2.51. The molecule has 0 saturated heterocycles. The van der Waals surface area contributed by atoms with Crippen LogP contribution >= 0.6 is 0 Å². The van der Waals surface area contributed by atoms with E-state index in [1.165, 1.54) is 0 Å². The molecule has 0 aliphatic heterocycles. The van der Waals surface area contributed by atoms with E-state index < -0.39 is 11.0 Å². The third-order valence-electron chi connectivity index (χ3n) is 5.64. The van der Waals surface area contributed by atoms with Crippen LogP contribution in [0, 0.1) is 5.41 Å². The van der Waals surface area contributed by atoms with Gasteiger partial charge in [0.1, 0.15) is 17.1 Å². The van der Waals surface area contributed by atoms with Gasteiger partial charge in [0.2, 0.25) is 0 Å². The average Bonchev–Trinajstić information content (AvgIpc) is 3.13. The molecule has 1 aromatic heterocycles. The summed E-state index contributed by atoms with van der Waals surface area (Å²) in [6.07, 6.45) is 7.23. The summed E-state index contributed by atoms with van der Waals surface area (Å²) in [6, 6.07) is 2.00. The van der Waals surface area contributed by atoms with Crippen LogP contribution in [0.3, 0.4) is 0 Å². The van der Waals surface area contributed by atoms with Crippen LogP contribution in [0.2, 0.25) is 0 Å². The van der Waals surface area contributed by atoms with Gasteiger partial charge in [-0.1, -0.05) is 13.0 Å². The van der Waals surface area contributed by atoms with Crippen LogP contribution in [0.4, 0.5) is 0 Å². The van der Waals surface area contributed by atoms with Crippen LogP contribution in [0.15, 0.2) is 29.4 Å². The molecule has 2 aliphatic carbocycles. The molecule has 0 bridgehead atoms. The first-order valence-electron chi connectivity index (χ1n) is 8.46. The summed E-state index contributed by atoms with van der Waals surface area (Å²) in [5, 5.41) is 0. The van der Waals surface area contributed by atoms with Crippen molar-refractivity contribution in [1.29, 1.82) is 0 Å². The molecule has 1 fully saturated rings. The Morgan fingerprint density at radius 2 is 2.35 bits per heavy atom. The number of hydrogen-bond donors (Lipinski definition) is 0. The van der Waals surface area contributed by atoms with Crippen molar-refractivity contribution in [2.24, 2.45) is 5.41 Å². The molecule has 2 aliphatic rings. The second-order valence-electron chi connectivity index (χ2n) is 6.83. The van der Waals surface area contributed by atoms with Gasteiger partial charge in [-0.15, -0.1) is 6.58 Å². The van der Waals surface area contributed by atoms with Gasteiger partial charge in [0.05, 0.1) is 18.3 Å². The van der Waals surface area contributed by atoms with E-state index in [0.717, 1.165) is 37.0 Å². The number of rotatable bonds is 7. The van der Waals surface area contributed by atoms with Gasteiger partial charge in [-0.2, -0.15) is 0 Å². The lowest BCUT2D eigenvalue weighted by atomic mass is 9.59. The zero-order chi connectivity index (χ0) is 16.5. The van der Waals surface area contributed by atoms with Crippen molar-refractivity contribution in [3.8, 4) is 0 Å². The standard InChI is InChI=1S/C19H26O4/c1-4-10-23-19-9-6-16(20)18(19,8-5-11-21-3)13-14(2)17-15(19)7-12-22-17/h4,7,12,14H,1,5-6,8-11,13H2,2-3H3/t14-,18-,19+/m1/s1. The van der Waals surface area contributed by atoms with Crippen molar-refractivity contribution < 1.29 is 18.7 Å². The fraction of sp³-hybridized carbons (Fsp3) is 0.632. The minimum absolute atomic E-state index is 0.227. The molecule has 23 heavy (non-hydrogen) atoms. The Labute approximate surface area is 137 Å². The summed E-state index contributed by atoms with van der Waals surface area (Å²) in [6.45, 7) is 7.03. The Morgan fingerprint density at radius 3 is 3.09 bits per heavy atom. The topological polar surface area (TPSA) is 48.7 Å². The highest BCUT2D eigenvalue weighted by Crippen LogP contribution is 2.63. The van der Waals surface area contributed by atoms with Crippen LogP contribution in [-0.2, 0) is 19.9 Å². The summed E-state index contributed by atoms with van der Waals surface area (Å²) in [7, 11) is 1.70. The first-order valence-corrected chi connectivity index (χ1v) is 8.46. The largest absolute Gasteiger partial charge is 0.469 e. The van der Waals surface area contributed by atoms with Crippen molar-refractivity contribution in [3.63, 3.8) is 0 Å². The third-order valence-corrected chi connectivity index (χ3v) is 5.64. The maximum atomic E-state index is 13.0. The molecule has 1 saturated carbocycles. The van der Waals surface area contributed by atoms with Gasteiger partial charge in [-0.3, -0.25) is 4.79 Å². The molecule has 3 rings (SSSR count). The Hall–Kier alpha value is -1.39. The Balaban J connectivity index is 2.08. The zero-order valence-electron chi connectivity index (χ0n) is 14.1. The molecule has 126 valence electrons. The van der Waals surface area contributed by atoms with Gasteiger partial charge in [-0.05, 0) is 31.7 Å². The first-order chi connectivity index (χ1) is 11.1. The number of carbonyl (C=O) groups is 1. The Bertz CT molecular complexity index is 590. The molecular formula is C19H26O4. The number of methoxy groups -OCH3 is 1. The number of carbonyl (C=O) groups excluding carboxylic acids is 1. The van der Waals surface area contributed by atoms with Crippen molar-refractivity contribution in [2.45, 2.75) is 50.5 Å². The molecule has 4 heteroatoms. The summed E-state index contributed by atoms with van der Waals surface area (Å²) < 4.78 is 17.3. The molecule has 0 aromatic carbocycles. The number of furan rings is 1. The number of fused-ring (bicyclic) bond motifs is 3.